The Morgan fingerprint density at radius 3 is 1.41 bits per heavy atom. The SMILES string of the molecule is CC1=NCC(C)(C)N1c1ccc(-c2ccc3c(c2)Oc2cccc4c2B3c2ccc(-c3ccc(N5C(C)=NCC5(C)C)nc3)cc2O4)cn1. The molecule has 6 heterocycles. The highest BCUT2D eigenvalue weighted by Crippen LogP contribution is 2.38. The van der Waals surface area contributed by atoms with Gasteiger partial charge in [-0.15, -0.1) is 0 Å². The zero-order chi connectivity index (χ0) is 33.7. The average molecular weight is 645 g/mol. The molecule has 8 nitrogen and oxygen atoms in total. The first kappa shape index (κ1) is 29.7. The number of rotatable bonds is 4. The molecule has 4 aliphatic rings. The first-order valence-corrected chi connectivity index (χ1v) is 16.9. The largest absolute Gasteiger partial charge is 0.458 e. The van der Waals surface area contributed by atoms with Crippen LogP contribution in [0.1, 0.15) is 41.5 Å². The van der Waals surface area contributed by atoms with Crippen LogP contribution in [0.5, 0.6) is 23.0 Å². The summed E-state index contributed by atoms with van der Waals surface area (Å²) in [5, 5.41) is 0. The second kappa shape index (κ2) is 10.5. The van der Waals surface area contributed by atoms with E-state index in [1.165, 1.54) is 0 Å². The first-order chi connectivity index (χ1) is 23.6. The first-order valence-electron chi connectivity index (χ1n) is 16.9. The summed E-state index contributed by atoms with van der Waals surface area (Å²) in [6.07, 6.45) is 3.89. The minimum absolute atomic E-state index is 0.0119. The van der Waals surface area contributed by atoms with Gasteiger partial charge in [0.15, 0.2) is 0 Å². The van der Waals surface area contributed by atoms with Gasteiger partial charge in [0.25, 0.3) is 6.71 Å². The molecule has 2 aromatic heterocycles. The lowest BCUT2D eigenvalue weighted by atomic mass is 9.35. The quantitative estimate of drug-likeness (QED) is 0.202. The second-order valence-electron chi connectivity index (χ2n) is 14.6. The van der Waals surface area contributed by atoms with Gasteiger partial charge in [0.2, 0.25) is 0 Å². The number of aromatic nitrogens is 2. The lowest BCUT2D eigenvalue weighted by molar-refractivity contribution is 0.464. The van der Waals surface area contributed by atoms with Crippen molar-refractivity contribution < 1.29 is 9.47 Å². The van der Waals surface area contributed by atoms with Crippen LogP contribution in [0.25, 0.3) is 22.3 Å². The monoisotopic (exact) mass is 644 g/mol. The standard InChI is InChI=1S/C40H37BN6O2/c1-24-44-22-39(3,4)46(24)36-16-12-28(20-42-36)26-10-14-30-34(18-26)48-32-8-7-9-33-38(32)41(30)31-15-11-27(19-35(31)49-33)29-13-17-37(43-21-29)47-25(2)45-23-40(47,5)6/h7-21H,22-23H2,1-6H3. The van der Waals surface area contributed by atoms with E-state index in [1.807, 2.05) is 44.4 Å². The maximum absolute atomic E-state index is 6.57. The summed E-state index contributed by atoms with van der Waals surface area (Å²) in [4.78, 5) is 23.4. The van der Waals surface area contributed by atoms with Gasteiger partial charge < -0.3 is 19.3 Å². The molecule has 4 aliphatic heterocycles. The van der Waals surface area contributed by atoms with Crippen LogP contribution in [0.3, 0.4) is 0 Å². The molecule has 3 aromatic carbocycles. The molecule has 0 atom stereocenters. The van der Waals surface area contributed by atoms with Crippen molar-refractivity contribution in [2.75, 3.05) is 22.9 Å². The fraction of sp³-hybridized carbons (Fsp3) is 0.250. The molecule has 0 radical (unpaired) electrons. The molecule has 9 rings (SSSR count). The van der Waals surface area contributed by atoms with Gasteiger partial charge in [-0.25, -0.2) is 9.97 Å². The Balaban J connectivity index is 1.04. The van der Waals surface area contributed by atoms with Gasteiger partial charge in [0, 0.05) is 29.0 Å². The molecule has 5 aromatic rings. The third-order valence-electron chi connectivity index (χ3n) is 10.3. The van der Waals surface area contributed by atoms with Crippen LogP contribution in [0.4, 0.5) is 11.6 Å². The summed E-state index contributed by atoms with van der Waals surface area (Å²) in [5.41, 5.74) is 7.30. The Morgan fingerprint density at radius 1 is 0.571 bits per heavy atom. The van der Waals surface area contributed by atoms with Crippen LogP contribution in [0.15, 0.2) is 101 Å². The van der Waals surface area contributed by atoms with Crippen molar-refractivity contribution >= 4 is 46.4 Å². The van der Waals surface area contributed by atoms with Crippen molar-refractivity contribution in [3.05, 3.63) is 91.3 Å². The molecule has 0 unspecified atom stereocenters. The van der Waals surface area contributed by atoms with E-state index in [9.17, 15) is 0 Å². The van der Waals surface area contributed by atoms with Crippen molar-refractivity contribution in [3.63, 3.8) is 0 Å². The molecule has 0 spiro atoms. The summed E-state index contributed by atoms with van der Waals surface area (Å²) in [6.45, 7) is 14.4. The number of hydrogen-bond acceptors (Lipinski definition) is 8. The van der Waals surface area contributed by atoms with Crippen molar-refractivity contribution in [2.24, 2.45) is 9.98 Å². The number of ether oxygens (including phenoxy) is 2. The molecule has 0 bridgehead atoms. The molecule has 0 saturated carbocycles. The highest BCUT2D eigenvalue weighted by atomic mass is 16.5. The predicted octanol–water partition coefficient (Wildman–Crippen LogP) is 6.57. The highest BCUT2D eigenvalue weighted by Gasteiger charge is 2.40. The lowest BCUT2D eigenvalue weighted by Crippen LogP contribution is -2.57. The predicted molar refractivity (Wildman–Crippen MR) is 200 cm³/mol. The molecule has 0 saturated heterocycles. The van der Waals surface area contributed by atoms with E-state index < -0.39 is 0 Å². The van der Waals surface area contributed by atoms with E-state index in [0.29, 0.717) is 0 Å². The van der Waals surface area contributed by atoms with Crippen LogP contribution >= 0.6 is 0 Å². The minimum atomic E-state index is -0.0908. The molecule has 0 fully saturated rings. The zero-order valence-electron chi connectivity index (χ0n) is 28.7. The van der Waals surface area contributed by atoms with Gasteiger partial charge >= 0.3 is 0 Å². The molecule has 0 amide bonds. The lowest BCUT2D eigenvalue weighted by Gasteiger charge is -2.33. The summed E-state index contributed by atoms with van der Waals surface area (Å²) < 4.78 is 13.1. The Kier molecular flexibility index (Phi) is 6.38. The normalized spacial score (nSPS) is 17.8. The van der Waals surface area contributed by atoms with Crippen molar-refractivity contribution in [3.8, 4) is 45.3 Å². The number of nitrogens with zero attached hydrogens (tertiary/aromatic N) is 6. The van der Waals surface area contributed by atoms with Gasteiger partial charge in [-0.3, -0.25) is 9.98 Å². The Labute approximate surface area is 287 Å². The maximum atomic E-state index is 6.57. The molecule has 49 heavy (non-hydrogen) atoms. The van der Waals surface area contributed by atoms with E-state index in [2.05, 4.69) is 108 Å². The Morgan fingerprint density at radius 2 is 1.02 bits per heavy atom. The zero-order valence-corrected chi connectivity index (χ0v) is 28.7. The van der Waals surface area contributed by atoms with Gasteiger partial charge in [0.1, 0.15) is 46.3 Å². The maximum Gasteiger partial charge on any atom is 0.260 e. The van der Waals surface area contributed by atoms with Gasteiger partial charge in [-0.05, 0) is 112 Å². The number of anilines is 2. The van der Waals surface area contributed by atoms with E-state index in [1.54, 1.807) is 0 Å². The minimum Gasteiger partial charge on any atom is -0.458 e. The van der Waals surface area contributed by atoms with Gasteiger partial charge in [-0.1, -0.05) is 30.3 Å². The van der Waals surface area contributed by atoms with Crippen LogP contribution in [-0.2, 0) is 0 Å². The third-order valence-corrected chi connectivity index (χ3v) is 10.3. The number of pyridine rings is 2. The molecule has 9 heteroatoms. The highest BCUT2D eigenvalue weighted by molar-refractivity contribution is 6.98. The fourth-order valence-corrected chi connectivity index (χ4v) is 7.89. The third kappa shape index (κ3) is 4.66. The fourth-order valence-electron chi connectivity index (χ4n) is 7.89. The van der Waals surface area contributed by atoms with E-state index in [0.717, 1.165) is 98.0 Å². The van der Waals surface area contributed by atoms with Crippen LogP contribution in [0, 0.1) is 0 Å². The molecule has 242 valence electrons. The Hall–Kier alpha value is -5.44. The summed E-state index contributed by atoms with van der Waals surface area (Å²) in [7, 11) is 0. The van der Waals surface area contributed by atoms with Gasteiger partial charge in [-0.2, -0.15) is 0 Å². The smallest absolute Gasteiger partial charge is 0.260 e. The number of amidine groups is 2. The summed E-state index contributed by atoms with van der Waals surface area (Å²) in [5.74, 6) is 7.16. The Bertz CT molecular complexity index is 2070. The number of fused-ring (bicyclic) bond motifs is 4. The van der Waals surface area contributed by atoms with Crippen LogP contribution in [0.2, 0.25) is 0 Å². The number of benzene rings is 3. The number of aliphatic imine (C=N–C) groups is 2. The number of hydrogen-bond donors (Lipinski definition) is 0. The summed E-state index contributed by atoms with van der Waals surface area (Å²) >= 11 is 0. The van der Waals surface area contributed by atoms with Crippen LogP contribution in [-0.4, -0.2) is 52.5 Å². The van der Waals surface area contributed by atoms with Crippen molar-refractivity contribution in [1.29, 1.82) is 0 Å². The van der Waals surface area contributed by atoms with Crippen molar-refractivity contribution in [2.45, 2.75) is 52.6 Å². The van der Waals surface area contributed by atoms with E-state index in [-0.39, 0.29) is 17.8 Å². The van der Waals surface area contributed by atoms with Crippen molar-refractivity contribution in [1.82, 2.24) is 9.97 Å². The molecule has 0 N–H and O–H groups in total. The van der Waals surface area contributed by atoms with E-state index in [4.69, 9.17) is 19.4 Å². The van der Waals surface area contributed by atoms with E-state index >= 15 is 0 Å². The van der Waals surface area contributed by atoms with Crippen LogP contribution < -0.4 is 35.7 Å². The average Bonchev–Trinajstić information content (AvgIpc) is 3.54. The van der Waals surface area contributed by atoms with Gasteiger partial charge in [0.05, 0.1) is 24.2 Å². The summed E-state index contributed by atoms with van der Waals surface area (Å²) in [6, 6.07) is 27.5. The second-order valence-corrected chi connectivity index (χ2v) is 14.6. The topological polar surface area (TPSA) is 75.4 Å². The molecular formula is C40H37BN6O2. The molecular weight excluding hydrogens is 607 g/mol. The molecule has 0 aliphatic carbocycles.